The summed E-state index contributed by atoms with van der Waals surface area (Å²) in [6, 6.07) is 7.37. The Kier molecular flexibility index (Phi) is 5.96. The second-order valence-corrected chi connectivity index (χ2v) is 6.57. The molecular weight excluding hydrogens is 344 g/mol. The van der Waals surface area contributed by atoms with E-state index in [1.54, 1.807) is 22.0 Å². The largest absolute Gasteiger partial charge is 0.462 e. The fraction of sp³-hybridized carbons (Fsp3) is 0.333. The summed E-state index contributed by atoms with van der Waals surface area (Å²) in [6.07, 6.45) is 7.15. The number of carbonyl (C=O) groups excluding carboxylic acids is 2. The van der Waals surface area contributed by atoms with Crippen molar-refractivity contribution in [2.24, 2.45) is 0 Å². The molecule has 0 unspecified atom stereocenters. The van der Waals surface area contributed by atoms with E-state index in [1.165, 1.54) is 12.2 Å². The number of carbonyl (C=O) groups is 2. The van der Waals surface area contributed by atoms with Crippen molar-refractivity contribution in [2.45, 2.75) is 20.3 Å². The second-order valence-electron chi connectivity index (χ2n) is 6.57. The van der Waals surface area contributed by atoms with Crippen LogP contribution < -0.4 is 0 Å². The van der Waals surface area contributed by atoms with E-state index in [2.05, 4.69) is 0 Å². The Balaban J connectivity index is 1.53. The first-order valence-electron chi connectivity index (χ1n) is 9.08. The summed E-state index contributed by atoms with van der Waals surface area (Å²) in [7, 11) is 0. The SMILES string of the molecule is Cc1ccc(/C=C/C(=O)N2CCCN(C(=O)/C=C/c3ccc(C)o3)CC2)o1. The van der Waals surface area contributed by atoms with Crippen LogP contribution in [-0.2, 0) is 9.59 Å². The van der Waals surface area contributed by atoms with Crippen molar-refractivity contribution in [3.8, 4) is 0 Å². The van der Waals surface area contributed by atoms with Crippen LogP contribution in [0.5, 0.6) is 0 Å². The van der Waals surface area contributed by atoms with E-state index >= 15 is 0 Å². The monoisotopic (exact) mass is 368 g/mol. The highest BCUT2D eigenvalue weighted by molar-refractivity contribution is 5.92. The third-order valence-electron chi connectivity index (χ3n) is 4.42. The molecule has 6 nitrogen and oxygen atoms in total. The molecule has 0 aliphatic carbocycles. The number of hydrogen-bond donors (Lipinski definition) is 0. The first-order chi connectivity index (χ1) is 13.0. The minimum absolute atomic E-state index is 0.0695. The molecule has 0 atom stereocenters. The van der Waals surface area contributed by atoms with E-state index in [-0.39, 0.29) is 11.8 Å². The number of aryl methyl sites for hydroxylation is 2. The van der Waals surface area contributed by atoms with Gasteiger partial charge in [-0.25, -0.2) is 0 Å². The highest BCUT2D eigenvalue weighted by Gasteiger charge is 2.19. The number of amides is 2. The Labute approximate surface area is 158 Å². The summed E-state index contributed by atoms with van der Waals surface area (Å²) in [5, 5.41) is 0. The fourth-order valence-electron chi connectivity index (χ4n) is 2.96. The van der Waals surface area contributed by atoms with Crippen LogP contribution in [0.2, 0.25) is 0 Å². The van der Waals surface area contributed by atoms with Crippen LogP contribution in [0, 0.1) is 13.8 Å². The number of rotatable bonds is 4. The average Bonchev–Trinajstić information content (AvgIpc) is 3.17. The van der Waals surface area contributed by atoms with Crippen molar-refractivity contribution in [3.63, 3.8) is 0 Å². The molecule has 3 heterocycles. The van der Waals surface area contributed by atoms with Crippen LogP contribution >= 0.6 is 0 Å². The maximum Gasteiger partial charge on any atom is 0.246 e. The third kappa shape index (κ3) is 5.23. The van der Waals surface area contributed by atoms with Gasteiger partial charge >= 0.3 is 0 Å². The van der Waals surface area contributed by atoms with Gasteiger partial charge in [-0.2, -0.15) is 0 Å². The molecule has 1 saturated heterocycles. The van der Waals surface area contributed by atoms with Gasteiger partial charge < -0.3 is 18.6 Å². The third-order valence-corrected chi connectivity index (χ3v) is 4.42. The molecule has 0 spiro atoms. The van der Waals surface area contributed by atoms with Crippen LogP contribution in [0.4, 0.5) is 0 Å². The van der Waals surface area contributed by atoms with E-state index in [0.717, 1.165) is 17.9 Å². The number of hydrogen-bond acceptors (Lipinski definition) is 4. The van der Waals surface area contributed by atoms with Crippen molar-refractivity contribution in [3.05, 3.63) is 59.5 Å². The molecule has 6 heteroatoms. The molecular formula is C21H24N2O4. The summed E-state index contributed by atoms with van der Waals surface area (Å²) < 4.78 is 10.9. The van der Waals surface area contributed by atoms with Gasteiger partial charge in [0.15, 0.2) is 0 Å². The van der Waals surface area contributed by atoms with Crippen LogP contribution in [0.25, 0.3) is 12.2 Å². The summed E-state index contributed by atoms with van der Waals surface area (Å²) in [5.74, 6) is 2.80. The van der Waals surface area contributed by atoms with Gasteiger partial charge in [-0.3, -0.25) is 9.59 Å². The van der Waals surface area contributed by atoms with Gasteiger partial charge in [0.1, 0.15) is 23.0 Å². The lowest BCUT2D eigenvalue weighted by molar-refractivity contribution is -0.128. The van der Waals surface area contributed by atoms with E-state index in [1.807, 2.05) is 38.1 Å². The number of furan rings is 2. The Morgan fingerprint density at radius 3 is 1.59 bits per heavy atom. The molecule has 3 rings (SSSR count). The van der Waals surface area contributed by atoms with Crippen molar-refractivity contribution in [1.82, 2.24) is 9.80 Å². The molecule has 1 aliphatic heterocycles. The van der Waals surface area contributed by atoms with E-state index in [0.29, 0.717) is 37.7 Å². The zero-order valence-corrected chi connectivity index (χ0v) is 15.7. The first-order valence-corrected chi connectivity index (χ1v) is 9.08. The van der Waals surface area contributed by atoms with Gasteiger partial charge in [-0.15, -0.1) is 0 Å². The molecule has 1 aliphatic rings. The minimum Gasteiger partial charge on any atom is -0.462 e. The van der Waals surface area contributed by atoms with E-state index < -0.39 is 0 Å². The zero-order chi connectivity index (χ0) is 19.2. The van der Waals surface area contributed by atoms with Crippen molar-refractivity contribution >= 4 is 24.0 Å². The Bertz CT molecular complexity index is 789. The van der Waals surface area contributed by atoms with Crippen LogP contribution in [-0.4, -0.2) is 47.8 Å². The van der Waals surface area contributed by atoms with Gasteiger partial charge in [-0.05, 0) is 56.7 Å². The lowest BCUT2D eigenvalue weighted by atomic mass is 10.3. The Morgan fingerprint density at radius 1 is 0.778 bits per heavy atom. The average molecular weight is 368 g/mol. The fourth-order valence-corrected chi connectivity index (χ4v) is 2.96. The van der Waals surface area contributed by atoms with Crippen LogP contribution in [0.15, 0.2) is 45.3 Å². The van der Waals surface area contributed by atoms with Gasteiger partial charge in [0.2, 0.25) is 11.8 Å². The number of nitrogens with zero attached hydrogens (tertiary/aromatic N) is 2. The smallest absolute Gasteiger partial charge is 0.246 e. The maximum atomic E-state index is 12.4. The molecule has 0 radical (unpaired) electrons. The summed E-state index contributed by atoms with van der Waals surface area (Å²) >= 11 is 0. The second kappa shape index (κ2) is 8.58. The molecule has 0 saturated carbocycles. The topological polar surface area (TPSA) is 66.9 Å². The standard InChI is InChI=1S/C21H24N2O4/c1-16-4-6-18(26-16)8-10-20(24)22-12-3-13-23(15-14-22)21(25)11-9-19-7-5-17(2)27-19/h4-11H,3,12-15H2,1-2H3/b10-8+,11-9+. The Hall–Kier alpha value is -3.02. The molecule has 0 N–H and O–H groups in total. The maximum absolute atomic E-state index is 12.4. The molecule has 1 fully saturated rings. The highest BCUT2D eigenvalue weighted by Crippen LogP contribution is 2.11. The molecule has 142 valence electrons. The van der Waals surface area contributed by atoms with E-state index in [4.69, 9.17) is 8.83 Å². The normalized spacial score (nSPS) is 15.6. The van der Waals surface area contributed by atoms with Crippen LogP contribution in [0.3, 0.4) is 0 Å². The van der Waals surface area contributed by atoms with Crippen molar-refractivity contribution < 1.29 is 18.4 Å². The highest BCUT2D eigenvalue weighted by atomic mass is 16.3. The summed E-state index contributed by atoms with van der Waals surface area (Å²) in [5.41, 5.74) is 0. The first kappa shape index (κ1) is 18.8. The van der Waals surface area contributed by atoms with E-state index in [9.17, 15) is 9.59 Å². The molecule has 0 bridgehead atoms. The van der Waals surface area contributed by atoms with Gasteiger partial charge in [0, 0.05) is 38.3 Å². The van der Waals surface area contributed by atoms with Crippen LogP contribution in [0.1, 0.15) is 29.5 Å². The molecule has 2 amide bonds. The Morgan fingerprint density at radius 2 is 1.22 bits per heavy atom. The van der Waals surface area contributed by atoms with Gasteiger partial charge in [-0.1, -0.05) is 0 Å². The predicted octanol–water partition coefficient (Wildman–Crippen LogP) is 3.28. The lowest BCUT2D eigenvalue weighted by Crippen LogP contribution is -2.36. The minimum atomic E-state index is -0.0695. The summed E-state index contributed by atoms with van der Waals surface area (Å²) in [6.45, 7) is 6.01. The van der Waals surface area contributed by atoms with Crippen molar-refractivity contribution in [2.75, 3.05) is 26.2 Å². The summed E-state index contributed by atoms with van der Waals surface area (Å²) in [4.78, 5) is 28.3. The quantitative estimate of drug-likeness (QED) is 0.777. The lowest BCUT2D eigenvalue weighted by Gasteiger charge is -2.20. The molecule has 27 heavy (non-hydrogen) atoms. The predicted molar refractivity (Wildman–Crippen MR) is 103 cm³/mol. The molecule has 2 aromatic rings. The zero-order valence-electron chi connectivity index (χ0n) is 15.7. The van der Waals surface area contributed by atoms with Crippen molar-refractivity contribution in [1.29, 1.82) is 0 Å². The van der Waals surface area contributed by atoms with Gasteiger partial charge in [0.25, 0.3) is 0 Å². The molecule has 2 aromatic heterocycles. The molecule has 0 aromatic carbocycles. The van der Waals surface area contributed by atoms with Gasteiger partial charge in [0.05, 0.1) is 0 Å².